The number of carboxylic acids is 1. The Balaban J connectivity index is 2.51. The van der Waals surface area contributed by atoms with Gasteiger partial charge in [-0.15, -0.1) is 0 Å². The molecule has 0 spiro atoms. The minimum atomic E-state index is -1.04. The summed E-state index contributed by atoms with van der Waals surface area (Å²) in [5.74, 6) is -0.744. The van der Waals surface area contributed by atoms with Gasteiger partial charge >= 0.3 is 5.97 Å². The molecule has 0 heterocycles. The Morgan fingerprint density at radius 3 is 2.53 bits per heavy atom. The van der Waals surface area contributed by atoms with E-state index in [-0.39, 0.29) is 5.56 Å². The number of carbonyl (C=O) groups excluding carboxylic acids is 1. The number of carboxylic acid groups (broad SMARTS) is 1. The van der Waals surface area contributed by atoms with Crippen molar-refractivity contribution in [1.82, 2.24) is 0 Å². The van der Waals surface area contributed by atoms with Crippen molar-refractivity contribution in [3.63, 3.8) is 0 Å². The second-order valence-corrected chi connectivity index (χ2v) is 3.96. The fourth-order valence-electron chi connectivity index (χ4n) is 1.84. The summed E-state index contributed by atoms with van der Waals surface area (Å²) in [7, 11) is 1.42. The van der Waals surface area contributed by atoms with E-state index >= 15 is 0 Å². The first-order valence-electron chi connectivity index (χ1n) is 5.62. The van der Waals surface area contributed by atoms with Crippen LogP contribution in [0.25, 0.3) is 11.1 Å². The smallest absolute Gasteiger partial charge is 0.339 e. The highest BCUT2D eigenvalue weighted by molar-refractivity contribution is 5.92. The van der Waals surface area contributed by atoms with Gasteiger partial charge in [-0.3, -0.25) is 4.79 Å². The summed E-state index contributed by atoms with van der Waals surface area (Å²) in [5, 5.41) is 9.01. The summed E-state index contributed by atoms with van der Waals surface area (Å²) in [6.45, 7) is 0. The predicted octanol–water partition coefficient (Wildman–Crippen LogP) is 2.87. The zero-order valence-electron chi connectivity index (χ0n) is 10.3. The molecule has 96 valence electrons. The third kappa shape index (κ3) is 2.63. The Morgan fingerprint density at radius 2 is 1.89 bits per heavy atom. The molecule has 0 unspecified atom stereocenters. The van der Waals surface area contributed by atoms with Crippen LogP contribution in [-0.2, 0) is 0 Å². The van der Waals surface area contributed by atoms with Crippen LogP contribution in [0.1, 0.15) is 20.7 Å². The van der Waals surface area contributed by atoms with Gasteiger partial charge in [0.2, 0.25) is 0 Å². The summed E-state index contributed by atoms with van der Waals surface area (Å²) in [4.78, 5) is 21.8. The molecule has 0 radical (unpaired) electrons. The Kier molecular flexibility index (Phi) is 3.61. The Bertz CT molecular complexity index is 632. The van der Waals surface area contributed by atoms with E-state index in [0.29, 0.717) is 11.3 Å². The first kappa shape index (κ1) is 12.8. The lowest BCUT2D eigenvalue weighted by Gasteiger charge is -2.08. The molecular weight excluding hydrogens is 244 g/mol. The molecule has 1 N–H and O–H groups in total. The van der Waals surface area contributed by atoms with Gasteiger partial charge < -0.3 is 9.84 Å². The summed E-state index contributed by atoms with van der Waals surface area (Å²) in [5.41, 5.74) is 2.31. The first-order valence-corrected chi connectivity index (χ1v) is 5.62. The zero-order valence-corrected chi connectivity index (χ0v) is 10.3. The van der Waals surface area contributed by atoms with Crippen LogP contribution in [0.15, 0.2) is 42.5 Å². The number of hydrogen-bond donors (Lipinski definition) is 1. The second kappa shape index (κ2) is 5.35. The third-order valence-electron chi connectivity index (χ3n) is 2.79. The van der Waals surface area contributed by atoms with E-state index in [1.165, 1.54) is 13.2 Å². The number of rotatable bonds is 4. The lowest BCUT2D eigenvalue weighted by atomic mass is 10.0. The minimum absolute atomic E-state index is 0.109. The fraction of sp³-hybridized carbons (Fsp3) is 0.0667. The van der Waals surface area contributed by atoms with Crippen LogP contribution < -0.4 is 4.74 Å². The SMILES string of the molecule is COc1cc(-c2cccc(C=O)c2)ccc1C(=O)O. The number of benzene rings is 2. The molecule has 0 aliphatic carbocycles. The average Bonchev–Trinajstić information content (AvgIpc) is 2.46. The van der Waals surface area contributed by atoms with Gasteiger partial charge in [0.1, 0.15) is 17.6 Å². The summed E-state index contributed by atoms with van der Waals surface area (Å²) < 4.78 is 5.07. The van der Waals surface area contributed by atoms with Crippen LogP contribution in [-0.4, -0.2) is 24.5 Å². The second-order valence-electron chi connectivity index (χ2n) is 3.96. The van der Waals surface area contributed by atoms with Gasteiger partial charge in [0.05, 0.1) is 7.11 Å². The molecule has 0 atom stereocenters. The number of carbonyl (C=O) groups is 2. The highest BCUT2D eigenvalue weighted by Gasteiger charge is 2.11. The molecule has 2 aromatic carbocycles. The van der Waals surface area contributed by atoms with E-state index in [9.17, 15) is 9.59 Å². The molecule has 0 aliphatic heterocycles. The van der Waals surface area contributed by atoms with E-state index in [1.807, 2.05) is 6.07 Å². The molecule has 2 aromatic rings. The molecule has 0 aromatic heterocycles. The van der Waals surface area contributed by atoms with Crippen molar-refractivity contribution < 1.29 is 19.4 Å². The third-order valence-corrected chi connectivity index (χ3v) is 2.79. The van der Waals surface area contributed by atoms with Gasteiger partial charge in [0.25, 0.3) is 0 Å². The average molecular weight is 256 g/mol. The minimum Gasteiger partial charge on any atom is -0.496 e. The van der Waals surface area contributed by atoms with Crippen LogP contribution in [0.5, 0.6) is 5.75 Å². The Hall–Kier alpha value is -2.62. The van der Waals surface area contributed by atoms with E-state index in [4.69, 9.17) is 9.84 Å². The summed E-state index contributed by atoms with van der Waals surface area (Å²) >= 11 is 0. The number of ether oxygens (including phenoxy) is 1. The summed E-state index contributed by atoms with van der Waals surface area (Å²) in [6.07, 6.45) is 0.770. The number of hydrogen-bond acceptors (Lipinski definition) is 3. The van der Waals surface area contributed by atoms with Crippen molar-refractivity contribution in [1.29, 1.82) is 0 Å². The molecule has 0 bridgehead atoms. The standard InChI is InChI=1S/C15H12O4/c1-19-14-8-12(5-6-13(14)15(17)18)11-4-2-3-10(7-11)9-16/h2-9H,1H3,(H,17,18). The van der Waals surface area contributed by atoms with Gasteiger partial charge in [-0.2, -0.15) is 0 Å². The maximum atomic E-state index is 11.0. The predicted molar refractivity (Wildman–Crippen MR) is 70.8 cm³/mol. The van der Waals surface area contributed by atoms with Crippen molar-refractivity contribution >= 4 is 12.3 Å². The Morgan fingerprint density at radius 1 is 1.16 bits per heavy atom. The van der Waals surface area contributed by atoms with Gasteiger partial charge in [-0.1, -0.05) is 24.3 Å². The highest BCUT2D eigenvalue weighted by Crippen LogP contribution is 2.27. The largest absolute Gasteiger partial charge is 0.496 e. The molecule has 0 aliphatic rings. The molecule has 0 amide bonds. The lowest BCUT2D eigenvalue weighted by molar-refractivity contribution is 0.0693. The summed E-state index contributed by atoms with van der Waals surface area (Å²) in [6, 6.07) is 11.9. The van der Waals surface area contributed by atoms with Crippen LogP contribution in [0.4, 0.5) is 0 Å². The maximum Gasteiger partial charge on any atom is 0.339 e. The quantitative estimate of drug-likeness (QED) is 0.854. The van der Waals surface area contributed by atoms with Gasteiger partial charge in [-0.25, -0.2) is 4.79 Å². The van der Waals surface area contributed by atoms with Crippen molar-refractivity contribution in [3.8, 4) is 16.9 Å². The molecule has 4 nitrogen and oxygen atoms in total. The van der Waals surface area contributed by atoms with E-state index in [2.05, 4.69) is 0 Å². The van der Waals surface area contributed by atoms with E-state index < -0.39 is 5.97 Å². The van der Waals surface area contributed by atoms with Crippen LogP contribution >= 0.6 is 0 Å². The molecule has 0 saturated heterocycles. The van der Waals surface area contributed by atoms with Crippen LogP contribution in [0, 0.1) is 0 Å². The topological polar surface area (TPSA) is 63.6 Å². The molecule has 0 saturated carbocycles. The maximum absolute atomic E-state index is 11.0. The highest BCUT2D eigenvalue weighted by atomic mass is 16.5. The zero-order chi connectivity index (χ0) is 13.8. The normalized spacial score (nSPS) is 9.95. The number of methoxy groups -OCH3 is 1. The molecular formula is C15H12O4. The number of aromatic carboxylic acids is 1. The van der Waals surface area contributed by atoms with Gasteiger partial charge in [0.15, 0.2) is 0 Å². The molecule has 0 fully saturated rings. The monoisotopic (exact) mass is 256 g/mol. The van der Waals surface area contributed by atoms with Gasteiger partial charge in [-0.05, 0) is 29.3 Å². The fourth-order valence-corrected chi connectivity index (χ4v) is 1.84. The van der Waals surface area contributed by atoms with E-state index in [0.717, 1.165) is 17.4 Å². The molecule has 4 heteroatoms. The molecule has 2 rings (SSSR count). The van der Waals surface area contributed by atoms with Crippen molar-refractivity contribution in [2.24, 2.45) is 0 Å². The van der Waals surface area contributed by atoms with E-state index in [1.54, 1.807) is 30.3 Å². The van der Waals surface area contributed by atoms with Crippen molar-refractivity contribution in [3.05, 3.63) is 53.6 Å². The number of aldehydes is 1. The van der Waals surface area contributed by atoms with Gasteiger partial charge in [0, 0.05) is 5.56 Å². The van der Waals surface area contributed by atoms with Crippen LogP contribution in [0.3, 0.4) is 0 Å². The van der Waals surface area contributed by atoms with Crippen molar-refractivity contribution in [2.75, 3.05) is 7.11 Å². The first-order chi connectivity index (χ1) is 9.15. The van der Waals surface area contributed by atoms with Crippen LogP contribution in [0.2, 0.25) is 0 Å². The Labute approximate surface area is 110 Å². The lowest BCUT2D eigenvalue weighted by Crippen LogP contribution is -2.00. The van der Waals surface area contributed by atoms with Crippen molar-refractivity contribution in [2.45, 2.75) is 0 Å². The molecule has 19 heavy (non-hydrogen) atoms.